The average Bonchev–Trinajstić information content (AvgIpc) is 3.05. The highest BCUT2D eigenvalue weighted by atomic mass is 16.1. The van der Waals surface area contributed by atoms with E-state index < -0.39 is 0 Å². The molecule has 5 nitrogen and oxygen atoms in total. The first-order chi connectivity index (χ1) is 13.2. The molecule has 132 valence electrons. The van der Waals surface area contributed by atoms with Crippen LogP contribution in [-0.2, 0) is 6.42 Å². The molecular weight excluding hydrogens is 336 g/mol. The third-order valence-electron chi connectivity index (χ3n) is 5.28. The highest BCUT2D eigenvalue weighted by molar-refractivity contribution is 5.97. The summed E-state index contributed by atoms with van der Waals surface area (Å²) in [7, 11) is 0. The maximum atomic E-state index is 12.7. The van der Waals surface area contributed by atoms with Crippen molar-refractivity contribution in [1.82, 2.24) is 19.8 Å². The zero-order valence-corrected chi connectivity index (χ0v) is 15.0. The Hall–Kier alpha value is -3.34. The van der Waals surface area contributed by atoms with Gasteiger partial charge in [0.2, 0.25) is 0 Å². The lowest BCUT2D eigenvalue weighted by atomic mass is 9.83. The van der Waals surface area contributed by atoms with E-state index >= 15 is 0 Å². The Bertz CT molecular complexity index is 1150. The zero-order chi connectivity index (χ0) is 18.4. The van der Waals surface area contributed by atoms with E-state index in [1.807, 2.05) is 60.0 Å². The van der Waals surface area contributed by atoms with Crippen LogP contribution in [0.3, 0.4) is 0 Å². The second-order valence-corrected chi connectivity index (χ2v) is 7.00. The van der Waals surface area contributed by atoms with Gasteiger partial charge < -0.3 is 0 Å². The van der Waals surface area contributed by atoms with Gasteiger partial charge in [-0.2, -0.15) is 5.10 Å². The number of rotatable bonds is 2. The van der Waals surface area contributed by atoms with Crippen molar-refractivity contribution in [2.24, 2.45) is 0 Å². The maximum absolute atomic E-state index is 12.7. The Morgan fingerprint density at radius 2 is 1.63 bits per heavy atom. The summed E-state index contributed by atoms with van der Waals surface area (Å²) in [5.74, 6) is 0.178. The molecule has 1 atom stereocenters. The van der Waals surface area contributed by atoms with Crippen molar-refractivity contribution in [3.8, 4) is 11.1 Å². The molecule has 1 aliphatic carbocycles. The van der Waals surface area contributed by atoms with Gasteiger partial charge in [-0.05, 0) is 30.4 Å². The summed E-state index contributed by atoms with van der Waals surface area (Å²) < 4.78 is 1.83. The van der Waals surface area contributed by atoms with E-state index in [2.05, 4.69) is 22.3 Å². The fourth-order valence-corrected chi connectivity index (χ4v) is 3.98. The van der Waals surface area contributed by atoms with Gasteiger partial charge in [-0.1, -0.05) is 60.7 Å². The molecule has 0 N–H and O–H groups in total. The van der Waals surface area contributed by atoms with Crippen LogP contribution in [0, 0.1) is 6.92 Å². The molecule has 0 saturated heterocycles. The van der Waals surface area contributed by atoms with Crippen molar-refractivity contribution in [3.05, 3.63) is 83.3 Å². The number of aromatic nitrogens is 4. The summed E-state index contributed by atoms with van der Waals surface area (Å²) in [6.45, 7) is 1.97. The molecule has 5 heteroatoms. The van der Waals surface area contributed by atoms with Crippen molar-refractivity contribution in [3.63, 3.8) is 0 Å². The quantitative estimate of drug-likeness (QED) is 0.546. The van der Waals surface area contributed by atoms with E-state index in [-0.39, 0.29) is 11.7 Å². The van der Waals surface area contributed by atoms with Crippen LogP contribution in [0.15, 0.2) is 60.7 Å². The zero-order valence-electron chi connectivity index (χ0n) is 15.0. The van der Waals surface area contributed by atoms with Gasteiger partial charge in [0.05, 0.1) is 17.0 Å². The average molecular weight is 354 g/mol. The predicted molar refractivity (Wildman–Crippen MR) is 103 cm³/mol. The van der Waals surface area contributed by atoms with Gasteiger partial charge in [0.1, 0.15) is 0 Å². The van der Waals surface area contributed by atoms with E-state index in [4.69, 9.17) is 5.10 Å². The highest BCUT2D eigenvalue weighted by Gasteiger charge is 2.31. The predicted octanol–water partition coefficient (Wildman–Crippen LogP) is 4.01. The number of fused-ring (bicyclic) bond motifs is 3. The van der Waals surface area contributed by atoms with Gasteiger partial charge in [-0.15, -0.1) is 10.2 Å². The molecule has 0 bridgehead atoms. The summed E-state index contributed by atoms with van der Waals surface area (Å²) in [5, 5.41) is 13.4. The fraction of sp³-hybridized carbons (Fsp3) is 0.182. The van der Waals surface area contributed by atoms with Gasteiger partial charge >= 0.3 is 0 Å². The van der Waals surface area contributed by atoms with Crippen LogP contribution in [0.5, 0.6) is 0 Å². The van der Waals surface area contributed by atoms with Gasteiger partial charge in [0.15, 0.2) is 17.1 Å². The van der Waals surface area contributed by atoms with Gasteiger partial charge in [0.25, 0.3) is 0 Å². The van der Waals surface area contributed by atoms with Crippen LogP contribution in [0.4, 0.5) is 0 Å². The Balaban J connectivity index is 1.69. The largest absolute Gasteiger partial charge is 0.292 e. The van der Waals surface area contributed by atoms with Gasteiger partial charge in [-0.25, -0.2) is 4.52 Å². The van der Waals surface area contributed by atoms with E-state index in [0.29, 0.717) is 17.8 Å². The van der Waals surface area contributed by atoms with Crippen molar-refractivity contribution in [1.29, 1.82) is 0 Å². The summed E-state index contributed by atoms with van der Waals surface area (Å²) >= 11 is 0. The molecule has 0 aliphatic heterocycles. The van der Waals surface area contributed by atoms with Crippen molar-refractivity contribution in [2.45, 2.75) is 25.7 Å². The molecule has 0 fully saturated rings. The molecule has 1 aliphatic rings. The van der Waals surface area contributed by atoms with Crippen molar-refractivity contribution >= 4 is 11.4 Å². The number of aryl methyl sites for hydroxylation is 1. The van der Waals surface area contributed by atoms with E-state index in [1.165, 1.54) is 5.56 Å². The molecule has 2 heterocycles. The number of hydrogen-bond donors (Lipinski definition) is 0. The standard InChI is InChI=1S/C22H18N4O/c1-14-20(16-10-6-3-7-11-16)22-24-23-21-18(26(22)25-14)12-17(13-19(21)27)15-8-4-2-5-9-15/h2-11,17H,12-13H2,1H3. The van der Waals surface area contributed by atoms with Gasteiger partial charge in [-0.3, -0.25) is 4.79 Å². The molecule has 2 aromatic carbocycles. The number of Topliss-reactive ketones (excluding diaryl/α,β-unsaturated/α-hetero) is 1. The number of benzene rings is 2. The normalized spacial score (nSPS) is 16.5. The monoisotopic (exact) mass is 354 g/mol. The number of carbonyl (C=O) groups is 1. The topological polar surface area (TPSA) is 60.1 Å². The Labute approximate surface area is 156 Å². The van der Waals surface area contributed by atoms with Crippen molar-refractivity contribution in [2.75, 3.05) is 0 Å². The van der Waals surface area contributed by atoms with E-state index in [1.54, 1.807) is 0 Å². The second kappa shape index (κ2) is 6.13. The maximum Gasteiger partial charge on any atom is 0.185 e. The Kier molecular flexibility index (Phi) is 3.60. The third kappa shape index (κ3) is 2.54. The molecule has 0 amide bonds. The molecule has 0 spiro atoms. The fourth-order valence-electron chi connectivity index (χ4n) is 3.98. The van der Waals surface area contributed by atoms with Crippen LogP contribution in [0.2, 0.25) is 0 Å². The van der Waals surface area contributed by atoms with E-state index in [0.717, 1.165) is 28.9 Å². The molecule has 27 heavy (non-hydrogen) atoms. The first-order valence-corrected chi connectivity index (χ1v) is 9.11. The number of carbonyl (C=O) groups excluding carboxylic acids is 1. The van der Waals surface area contributed by atoms with Crippen molar-refractivity contribution < 1.29 is 4.79 Å². The highest BCUT2D eigenvalue weighted by Crippen LogP contribution is 2.34. The molecule has 5 rings (SSSR count). The molecule has 1 unspecified atom stereocenters. The Morgan fingerprint density at radius 3 is 2.37 bits per heavy atom. The molecule has 2 aromatic heterocycles. The minimum Gasteiger partial charge on any atom is -0.292 e. The van der Waals surface area contributed by atoms with Crippen LogP contribution >= 0.6 is 0 Å². The van der Waals surface area contributed by atoms with Crippen LogP contribution in [-0.4, -0.2) is 25.6 Å². The molecular formula is C22H18N4O. The van der Waals surface area contributed by atoms with Gasteiger partial charge in [0, 0.05) is 6.42 Å². The summed E-state index contributed by atoms with van der Waals surface area (Å²) in [4.78, 5) is 12.7. The lowest BCUT2D eigenvalue weighted by Crippen LogP contribution is -2.24. The lowest BCUT2D eigenvalue weighted by Gasteiger charge is -2.23. The van der Waals surface area contributed by atoms with E-state index in [9.17, 15) is 4.79 Å². The van der Waals surface area contributed by atoms with Crippen LogP contribution in [0.25, 0.3) is 16.8 Å². The summed E-state index contributed by atoms with van der Waals surface area (Å²) in [6.07, 6.45) is 1.19. The number of hydrogen-bond acceptors (Lipinski definition) is 4. The minimum absolute atomic E-state index is 0.0360. The molecule has 0 saturated carbocycles. The first kappa shape index (κ1) is 15.9. The second-order valence-electron chi connectivity index (χ2n) is 7.00. The lowest BCUT2D eigenvalue weighted by molar-refractivity contribution is 0.0955. The number of nitrogens with zero attached hydrogens (tertiary/aromatic N) is 4. The smallest absolute Gasteiger partial charge is 0.185 e. The third-order valence-corrected chi connectivity index (χ3v) is 5.28. The molecule has 0 radical (unpaired) electrons. The Morgan fingerprint density at radius 1 is 0.926 bits per heavy atom. The first-order valence-electron chi connectivity index (χ1n) is 9.11. The summed E-state index contributed by atoms with van der Waals surface area (Å²) in [6, 6.07) is 20.3. The van der Waals surface area contributed by atoms with Crippen LogP contribution in [0.1, 0.15) is 39.8 Å². The summed E-state index contributed by atoms with van der Waals surface area (Å²) in [5.41, 5.74) is 6.11. The molecule has 4 aromatic rings. The van der Waals surface area contributed by atoms with Crippen LogP contribution < -0.4 is 0 Å². The number of ketones is 1. The minimum atomic E-state index is 0.0360. The SMILES string of the molecule is Cc1nn2c3c(nnc2c1-c1ccccc1)C(=O)CC(c1ccccc1)C3.